The van der Waals surface area contributed by atoms with E-state index in [4.69, 9.17) is 25.8 Å². The quantitative estimate of drug-likeness (QED) is 0.126. The molecule has 0 unspecified atom stereocenters. The molecule has 5 aromatic rings. The third-order valence-electron chi connectivity index (χ3n) is 11.7. The smallest absolute Gasteiger partial charge is 0.268 e. The fourth-order valence-electron chi connectivity index (χ4n) is 8.13. The summed E-state index contributed by atoms with van der Waals surface area (Å²) in [6.45, 7) is 8.06. The van der Waals surface area contributed by atoms with E-state index in [1.54, 1.807) is 24.4 Å². The minimum Gasteiger partial charge on any atom is -0.484 e. The average Bonchev–Trinajstić information content (AvgIpc) is 3.70. The van der Waals surface area contributed by atoms with Crippen molar-refractivity contribution in [1.82, 2.24) is 19.6 Å². The van der Waals surface area contributed by atoms with Gasteiger partial charge in [0.05, 0.1) is 16.7 Å². The van der Waals surface area contributed by atoms with Gasteiger partial charge in [-0.3, -0.25) is 9.69 Å². The van der Waals surface area contributed by atoms with Gasteiger partial charge in [0, 0.05) is 87.1 Å². The van der Waals surface area contributed by atoms with Crippen molar-refractivity contribution in [2.45, 2.75) is 56.5 Å². The summed E-state index contributed by atoms with van der Waals surface area (Å²) in [5, 5.41) is 1.46. The van der Waals surface area contributed by atoms with Crippen molar-refractivity contribution in [3.8, 4) is 17.2 Å². The highest BCUT2D eigenvalue weighted by molar-refractivity contribution is 7.90. The number of anilines is 1. The number of aromatic amines is 1. The summed E-state index contributed by atoms with van der Waals surface area (Å²) in [5.41, 5.74) is 3.63. The van der Waals surface area contributed by atoms with Gasteiger partial charge in [-0.15, -0.1) is 0 Å². The Labute approximate surface area is 357 Å². The summed E-state index contributed by atoms with van der Waals surface area (Å²) in [5.74, 6) is -4.42. The maximum absolute atomic E-state index is 15.1. The maximum atomic E-state index is 15.1. The van der Waals surface area contributed by atoms with Crippen LogP contribution < -0.4 is 19.1 Å². The molecule has 0 atom stereocenters. The molecule has 11 nitrogen and oxygen atoms in total. The largest absolute Gasteiger partial charge is 0.484 e. The summed E-state index contributed by atoms with van der Waals surface area (Å²) >= 11 is 6.22. The first-order chi connectivity index (χ1) is 29.1. The Morgan fingerprint density at radius 1 is 0.967 bits per heavy atom. The van der Waals surface area contributed by atoms with Crippen LogP contribution in [0, 0.1) is 17.0 Å². The van der Waals surface area contributed by atoms with Crippen molar-refractivity contribution in [2.24, 2.45) is 5.41 Å². The van der Waals surface area contributed by atoms with E-state index >= 15 is 13.2 Å². The van der Waals surface area contributed by atoms with Gasteiger partial charge in [-0.2, -0.15) is 0 Å². The molecule has 16 heteroatoms. The molecule has 3 aromatic carbocycles. The fourth-order valence-corrected chi connectivity index (χ4v) is 9.24. The van der Waals surface area contributed by atoms with E-state index in [9.17, 15) is 13.2 Å². The number of ether oxygens (including phenoxy) is 3. The standard InChI is InChI=1S/C45H47ClF3N5O6S/c1-44(2)11-9-31(37(25-44)29-3-5-32(46)6-4-29)27-53-15-17-54(18-16-53)33-7-8-36(40(22-33)60-34-21-30-10-14-50-42(30)51-26-34)43(55)52-61(56,57)35-23-38(47)41(39(48)24-35)59-28-45(49)12-19-58-20-13-45/h3-8,10,14,21-24,26H,9,11-13,15-20,25,27-28H2,1-2H3,(H,50,51)(H,52,55). The number of piperazine rings is 1. The lowest BCUT2D eigenvalue weighted by atomic mass is 9.72. The van der Waals surface area contributed by atoms with Crippen LogP contribution >= 0.6 is 11.6 Å². The van der Waals surface area contributed by atoms with Crippen LogP contribution in [0.25, 0.3) is 16.6 Å². The zero-order valence-electron chi connectivity index (χ0n) is 33.9. The number of carbonyl (C=O) groups excluding carboxylic acids is 1. The SMILES string of the molecule is CC1(C)CCC(CN2CCN(c3ccc(C(=O)NS(=O)(=O)c4cc(F)c(OCC5(F)CCOCC5)c(F)c4)c(Oc4cnc5[nH]ccc5c4)c3)CC2)=C(c2ccc(Cl)cc2)C1. The van der Waals surface area contributed by atoms with Crippen LogP contribution in [0.1, 0.15) is 61.9 Å². The predicted molar refractivity (Wildman–Crippen MR) is 228 cm³/mol. The molecule has 1 aliphatic carbocycles. The average molecular weight is 878 g/mol. The number of aromatic nitrogens is 2. The third-order valence-corrected chi connectivity index (χ3v) is 13.3. The molecule has 3 aliphatic rings. The van der Waals surface area contributed by atoms with Crippen molar-refractivity contribution >= 4 is 49.8 Å². The number of sulfonamides is 1. The van der Waals surface area contributed by atoms with E-state index in [0.29, 0.717) is 41.6 Å². The molecule has 0 radical (unpaired) electrons. The first-order valence-electron chi connectivity index (χ1n) is 20.3. The molecule has 2 aromatic heterocycles. The first-order valence-corrected chi connectivity index (χ1v) is 22.1. The number of rotatable bonds is 12. The minimum absolute atomic E-state index is 0.0140. The Kier molecular flexibility index (Phi) is 12.1. The fraction of sp³-hybridized carbons (Fsp3) is 0.378. The zero-order chi connectivity index (χ0) is 42.9. The second kappa shape index (κ2) is 17.3. The normalized spacial score (nSPS) is 18.3. The molecule has 4 heterocycles. The van der Waals surface area contributed by atoms with Crippen LogP contribution in [0.15, 0.2) is 89.6 Å². The lowest BCUT2D eigenvalue weighted by molar-refractivity contribution is -0.0335. The summed E-state index contributed by atoms with van der Waals surface area (Å²) < 4.78 is 90.7. The van der Waals surface area contributed by atoms with Crippen LogP contribution in [0.2, 0.25) is 5.02 Å². The second-order valence-corrected chi connectivity index (χ2v) is 18.9. The first kappa shape index (κ1) is 42.6. The number of alkyl halides is 1. The summed E-state index contributed by atoms with van der Waals surface area (Å²) in [6, 6.07) is 17.5. The maximum Gasteiger partial charge on any atom is 0.268 e. The lowest BCUT2D eigenvalue weighted by Gasteiger charge is -2.39. The molecule has 0 saturated carbocycles. The van der Waals surface area contributed by atoms with E-state index in [-0.39, 0.29) is 42.8 Å². The number of nitrogens with zero attached hydrogens (tertiary/aromatic N) is 3. The Bertz CT molecular complexity index is 2550. The number of benzene rings is 3. The Morgan fingerprint density at radius 3 is 2.41 bits per heavy atom. The van der Waals surface area contributed by atoms with E-state index in [0.717, 1.165) is 50.0 Å². The molecule has 2 aliphatic heterocycles. The number of carbonyl (C=O) groups is 1. The molecule has 0 bridgehead atoms. The minimum atomic E-state index is -4.83. The molecule has 322 valence electrons. The number of H-pyrrole nitrogens is 1. The number of allylic oxidation sites excluding steroid dienone is 1. The Balaban J connectivity index is 0.999. The van der Waals surface area contributed by atoms with Gasteiger partial charge in [-0.05, 0) is 84.3 Å². The number of halogens is 4. The van der Waals surface area contributed by atoms with Gasteiger partial charge in [0.2, 0.25) is 0 Å². The number of fused-ring (bicyclic) bond motifs is 1. The van der Waals surface area contributed by atoms with E-state index in [1.165, 1.54) is 29.0 Å². The summed E-state index contributed by atoms with van der Waals surface area (Å²) in [4.78, 5) is 24.9. The second-order valence-electron chi connectivity index (χ2n) is 16.8. The van der Waals surface area contributed by atoms with Gasteiger partial charge in [0.25, 0.3) is 15.9 Å². The van der Waals surface area contributed by atoms with Gasteiger partial charge in [0.1, 0.15) is 29.4 Å². The van der Waals surface area contributed by atoms with Crippen LogP contribution in [-0.2, 0) is 14.8 Å². The van der Waals surface area contributed by atoms with E-state index < -0.39 is 50.5 Å². The molecule has 2 saturated heterocycles. The predicted octanol–water partition coefficient (Wildman–Crippen LogP) is 9.09. The number of pyridine rings is 1. The Hall–Kier alpha value is -5.09. The number of hydrogen-bond donors (Lipinski definition) is 2. The lowest BCUT2D eigenvalue weighted by Crippen LogP contribution is -2.47. The van der Waals surface area contributed by atoms with Crippen molar-refractivity contribution < 1.29 is 40.6 Å². The van der Waals surface area contributed by atoms with Crippen LogP contribution in [0.4, 0.5) is 18.9 Å². The van der Waals surface area contributed by atoms with Crippen molar-refractivity contribution in [3.63, 3.8) is 0 Å². The van der Waals surface area contributed by atoms with Gasteiger partial charge in [0.15, 0.2) is 17.4 Å². The van der Waals surface area contributed by atoms with E-state index in [1.807, 2.05) is 22.9 Å². The Morgan fingerprint density at radius 2 is 1.69 bits per heavy atom. The van der Waals surface area contributed by atoms with E-state index in [2.05, 4.69) is 45.7 Å². The highest BCUT2D eigenvalue weighted by Crippen LogP contribution is 2.43. The molecule has 2 fully saturated rings. The van der Waals surface area contributed by atoms with Gasteiger partial charge in [-0.1, -0.05) is 43.2 Å². The topological polar surface area (TPSA) is 126 Å². The number of nitrogens with one attached hydrogen (secondary N) is 2. The van der Waals surface area contributed by atoms with Gasteiger partial charge in [-0.25, -0.2) is 31.3 Å². The zero-order valence-corrected chi connectivity index (χ0v) is 35.5. The van der Waals surface area contributed by atoms with Crippen molar-refractivity contribution in [3.05, 3.63) is 112 Å². The molecular weight excluding hydrogens is 831 g/mol. The van der Waals surface area contributed by atoms with Crippen LogP contribution in [-0.4, -0.2) is 87.4 Å². The molecule has 0 spiro atoms. The molecule has 8 rings (SSSR count). The highest BCUT2D eigenvalue weighted by Gasteiger charge is 2.35. The monoisotopic (exact) mass is 877 g/mol. The van der Waals surface area contributed by atoms with Crippen LogP contribution in [0.3, 0.4) is 0 Å². The molecule has 2 N–H and O–H groups in total. The molecule has 61 heavy (non-hydrogen) atoms. The summed E-state index contributed by atoms with van der Waals surface area (Å²) in [6.07, 6.45) is 6.31. The number of hydrogen-bond acceptors (Lipinski definition) is 9. The van der Waals surface area contributed by atoms with Crippen molar-refractivity contribution in [2.75, 3.05) is 57.4 Å². The third kappa shape index (κ3) is 9.85. The molecular formula is C45H47ClF3N5O6S. The van der Waals surface area contributed by atoms with Gasteiger partial charge >= 0.3 is 0 Å². The molecule has 1 amide bonds. The highest BCUT2D eigenvalue weighted by atomic mass is 35.5. The summed E-state index contributed by atoms with van der Waals surface area (Å²) in [7, 11) is -4.83. The van der Waals surface area contributed by atoms with Gasteiger partial charge < -0.3 is 24.1 Å². The van der Waals surface area contributed by atoms with Crippen LogP contribution in [0.5, 0.6) is 17.2 Å². The number of amides is 1. The van der Waals surface area contributed by atoms with Crippen molar-refractivity contribution in [1.29, 1.82) is 0 Å².